The van der Waals surface area contributed by atoms with Crippen molar-refractivity contribution in [3.05, 3.63) is 54.4 Å². The molecule has 0 fully saturated rings. The van der Waals surface area contributed by atoms with E-state index in [9.17, 15) is 0 Å². The van der Waals surface area contributed by atoms with E-state index in [4.69, 9.17) is 4.42 Å². The molecule has 2 aromatic carbocycles. The average molecular weight is 292 g/mol. The summed E-state index contributed by atoms with van der Waals surface area (Å²) in [5, 5.41) is 2.37. The highest BCUT2D eigenvalue weighted by molar-refractivity contribution is 6.09. The Labute approximate surface area is 130 Å². The van der Waals surface area contributed by atoms with Crippen molar-refractivity contribution in [2.75, 3.05) is 11.4 Å². The van der Waals surface area contributed by atoms with Crippen LogP contribution in [0.25, 0.3) is 21.9 Å². The standard InChI is InChI=1S/C19H20N2O/c1-4-20-11-12-21(14(20)3)18-13(2)9-10-16-15-7-5-6-8-17(15)22-19(16)18/h5-12,14H,4H2,1-3H3/t14-/m1/s1. The SMILES string of the molecule is CCN1C=CN(c2c(C)ccc3c2oc2ccccc23)[C@@H]1C. The first-order chi connectivity index (χ1) is 10.7. The second-order valence-corrected chi connectivity index (χ2v) is 5.87. The Balaban J connectivity index is 1.97. The lowest BCUT2D eigenvalue weighted by Gasteiger charge is -2.29. The lowest BCUT2D eigenvalue weighted by atomic mass is 10.1. The summed E-state index contributed by atoms with van der Waals surface area (Å²) in [5.74, 6) is 0. The fourth-order valence-electron chi connectivity index (χ4n) is 3.39. The molecule has 0 unspecified atom stereocenters. The van der Waals surface area contributed by atoms with Gasteiger partial charge in [0, 0.05) is 29.7 Å². The molecule has 1 aliphatic heterocycles. The summed E-state index contributed by atoms with van der Waals surface area (Å²) in [6.07, 6.45) is 4.62. The molecular formula is C19H20N2O. The van der Waals surface area contributed by atoms with Gasteiger partial charge in [0.05, 0.1) is 5.69 Å². The summed E-state index contributed by atoms with van der Waals surface area (Å²) in [4.78, 5) is 4.63. The van der Waals surface area contributed by atoms with Crippen molar-refractivity contribution in [3.8, 4) is 0 Å². The molecule has 1 aromatic heterocycles. The second kappa shape index (κ2) is 4.80. The third-order valence-electron chi connectivity index (χ3n) is 4.65. The van der Waals surface area contributed by atoms with Gasteiger partial charge in [-0.25, -0.2) is 0 Å². The van der Waals surface area contributed by atoms with Crippen molar-refractivity contribution < 1.29 is 4.42 Å². The van der Waals surface area contributed by atoms with E-state index in [-0.39, 0.29) is 0 Å². The largest absolute Gasteiger partial charge is 0.454 e. The lowest BCUT2D eigenvalue weighted by Crippen LogP contribution is -2.36. The zero-order valence-corrected chi connectivity index (χ0v) is 13.2. The highest BCUT2D eigenvalue weighted by atomic mass is 16.3. The van der Waals surface area contributed by atoms with Crippen molar-refractivity contribution in [1.82, 2.24) is 4.90 Å². The fourth-order valence-corrected chi connectivity index (χ4v) is 3.39. The number of hydrogen-bond acceptors (Lipinski definition) is 3. The molecule has 3 nitrogen and oxygen atoms in total. The Kier molecular flexibility index (Phi) is 2.89. The van der Waals surface area contributed by atoms with Crippen LogP contribution in [-0.2, 0) is 0 Å². The average Bonchev–Trinajstić information content (AvgIpc) is 3.08. The third kappa shape index (κ3) is 1.75. The minimum absolute atomic E-state index is 0.308. The summed E-state index contributed by atoms with van der Waals surface area (Å²) in [5.41, 5.74) is 4.34. The second-order valence-electron chi connectivity index (χ2n) is 5.87. The molecule has 0 spiro atoms. The van der Waals surface area contributed by atoms with Crippen LogP contribution in [0.2, 0.25) is 0 Å². The van der Waals surface area contributed by atoms with Crippen LogP contribution in [0, 0.1) is 6.92 Å². The van der Waals surface area contributed by atoms with Gasteiger partial charge in [0.15, 0.2) is 5.58 Å². The fraction of sp³-hybridized carbons (Fsp3) is 0.263. The first kappa shape index (κ1) is 13.3. The van der Waals surface area contributed by atoms with Gasteiger partial charge in [0.25, 0.3) is 0 Å². The Hall–Kier alpha value is -2.42. The van der Waals surface area contributed by atoms with Crippen LogP contribution in [0.15, 0.2) is 53.2 Å². The van der Waals surface area contributed by atoms with E-state index in [1.807, 2.05) is 12.1 Å². The van der Waals surface area contributed by atoms with Crippen LogP contribution in [0.5, 0.6) is 0 Å². The highest BCUT2D eigenvalue weighted by Gasteiger charge is 2.26. The van der Waals surface area contributed by atoms with Gasteiger partial charge in [-0.1, -0.05) is 30.3 Å². The molecule has 1 aliphatic rings. The van der Waals surface area contributed by atoms with Crippen LogP contribution in [0.1, 0.15) is 19.4 Å². The van der Waals surface area contributed by atoms with Gasteiger partial charge in [-0.15, -0.1) is 0 Å². The Morgan fingerprint density at radius 3 is 2.64 bits per heavy atom. The molecule has 1 atom stereocenters. The zero-order chi connectivity index (χ0) is 15.3. The molecule has 4 rings (SSSR count). The topological polar surface area (TPSA) is 19.6 Å². The molecule has 3 heteroatoms. The molecule has 0 amide bonds. The van der Waals surface area contributed by atoms with E-state index in [1.54, 1.807) is 0 Å². The number of furan rings is 1. The van der Waals surface area contributed by atoms with Crippen LogP contribution >= 0.6 is 0 Å². The van der Waals surface area contributed by atoms with Crippen molar-refractivity contribution in [1.29, 1.82) is 0 Å². The van der Waals surface area contributed by atoms with Gasteiger partial charge in [-0.05, 0) is 32.4 Å². The molecule has 0 radical (unpaired) electrons. The van der Waals surface area contributed by atoms with Crippen LogP contribution in [-0.4, -0.2) is 17.6 Å². The molecule has 112 valence electrons. The molecule has 0 bridgehead atoms. The van der Waals surface area contributed by atoms with Crippen molar-refractivity contribution in [2.45, 2.75) is 26.9 Å². The van der Waals surface area contributed by atoms with E-state index in [0.717, 1.165) is 17.7 Å². The maximum absolute atomic E-state index is 6.20. The monoisotopic (exact) mass is 292 g/mol. The number of anilines is 1. The number of rotatable bonds is 2. The number of para-hydroxylation sites is 1. The van der Waals surface area contributed by atoms with Gasteiger partial charge in [0.1, 0.15) is 11.7 Å². The molecule has 2 heterocycles. The van der Waals surface area contributed by atoms with Gasteiger partial charge in [-0.3, -0.25) is 0 Å². The van der Waals surface area contributed by atoms with Gasteiger partial charge >= 0.3 is 0 Å². The number of aryl methyl sites for hydroxylation is 1. The van der Waals surface area contributed by atoms with Gasteiger partial charge < -0.3 is 14.2 Å². The molecule has 0 saturated carbocycles. The number of fused-ring (bicyclic) bond motifs is 3. The summed E-state index contributed by atoms with van der Waals surface area (Å²) in [7, 11) is 0. The van der Waals surface area contributed by atoms with Crippen molar-refractivity contribution >= 4 is 27.6 Å². The number of benzene rings is 2. The molecular weight excluding hydrogens is 272 g/mol. The maximum Gasteiger partial charge on any atom is 0.159 e. The maximum atomic E-state index is 6.20. The predicted molar refractivity (Wildman–Crippen MR) is 91.9 cm³/mol. The number of hydrogen-bond donors (Lipinski definition) is 0. The van der Waals surface area contributed by atoms with Crippen molar-refractivity contribution in [3.63, 3.8) is 0 Å². The smallest absolute Gasteiger partial charge is 0.159 e. The van der Waals surface area contributed by atoms with E-state index in [1.165, 1.54) is 22.0 Å². The molecule has 3 aromatic rings. The molecule has 0 N–H and O–H groups in total. The molecule has 22 heavy (non-hydrogen) atoms. The third-order valence-corrected chi connectivity index (χ3v) is 4.65. The summed E-state index contributed by atoms with van der Waals surface area (Å²) in [6, 6.07) is 12.6. The van der Waals surface area contributed by atoms with Crippen molar-refractivity contribution in [2.24, 2.45) is 0 Å². The van der Waals surface area contributed by atoms with Crippen LogP contribution in [0.3, 0.4) is 0 Å². The Morgan fingerprint density at radius 2 is 1.86 bits per heavy atom. The normalized spacial score (nSPS) is 18.0. The Morgan fingerprint density at radius 1 is 1.05 bits per heavy atom. The highest BCUT2D eigenvalue weighted by Crippen LogP contribution is 2.39. The first-order valence-electron chi connectivity index (χ1n) is 7.84. The molecule has 0 aliphatic carbocycles. The van der Waals surface area contributed by atoms with Crippen LogP contribution in [0.4, 0.5) is 5.69 Å². The van der Waals surface area contributed by atoms with E-state index in [0.29, 0.717) is 6.17 Å². The summed E-state index contributed by atoms with van der Waals surface area (Å²) in [6.45, 7) is 7.56. The predicted octanol–water partition coefficient (Wildman–Crippen LogP) is 4.85. The van der Waals surface area contributed by atoms with Gasteiger partial charge in [-0.2, -0.15) is 0 Å². The number of nitrogens with zero attached hydrogens (tertiary/aromatic N) is 2. The quantitative estimate of drug-likeness (QED) is 0.673. The minimum Gasteiger partial charge on any atom is -0.454 e. The Bertz CT molecular complexity index is 878. The van der Waals surface area contributed by atoms with E-state index < -0.39 is 0 Å². The summed E-state index contributed by atoms with van der Waals surface area (Å²) < 4.78 is 6.20. The lowest BCUT2D eigenvalue weighted by molar-refractivity contribution is 0.334. The van der Waals surface area contributed by atoms with E-state index >= 15 is 0 Å². The minimum atomic E-state index is 0.308. The van der Waals surface area contributed by atoms with Crippen LogP contribution < -0.4 is 4.90 Å². The van der Waals surface area contributed by atoms with Gasteiger partial charge in [0.2, 0.25) is 0 Å². The summed E-state index contributed by atoms with van der Waals surface area (Å²) >= 11 is 0. The molecule has 0 saturated heterocycles. The first-order valence-corrected chi connectivity index (χ1v) is 7.84. The van der Waals surface area contributed by atoms with E-state index in [2.05, 4.69) is 67.2 Å². The zero-order valence-electron chi connectivity index (χ0n) is 13.2.